The summed E-state index contributed by atoms with van der Waals surface area (Å²) in [5.41, 5.74) is 1.14. The monoisotopic (exact) mass is 306 g/mol. The molecular formula is C16H22N2O2S. The van der Waals surface area contributed by atoms with Crippen LogP contribution in [0, 0.1) is 0 Å². The number of hydrogen-bond donors (Lipinski definition) is 0. The van der Waals surface area contributed by atoms with E-state index in [0.717, 1.165) is 36.2 Å². The van der Waals surface area contributed by atoms with Gasteiger partial charge in [-0.3, -0.25) is 4.90 Å². The first-order valence-corrected chi connectivity index (χ1v) is 8.46. The average Bonchev–Trinajstić information content (AvgIpc) is 2.99. The van der Waals surface area contributed by atoms with Crippen LogP contribution in [0.3, 0.4) is 0 Å². The minimum atomic E-state index is 0.0909. The summed E-state index contributed by atoms with van der Waals surface area (Å²) < 4.78 is 11.1. The highest BCUT2D eigenvalue weighted by Crippen LogP contribution is 2.30. The van der Waals surface area contributed by atoms with Crippen LogP contribution in [0.25, 0.3) is 0 Å². The molecule has 3 rings (SSSR count). The third-order valence-electron chi connectivity index (χ3n) is 3.70. The summed E-state index contributed by atoms with van der Waals surface area (Å²) in [5.74, 6) is 1.03. The first kappa shape index (κ1) is 14.8. The predicted octanol–water partition coefficient (Wildman–Crippen LogP) is 4.00. The summed E-state index contributed by atoms with van der Waals surface area (Å²) in [6.07, 6.45) is 4.40. The van der Waals surface area contributed by atoms with Gasteiger partial charge in [0.1, 0.15) is 16.9 Å². The van der Waals surface area contributed by atoms with Gasteiger partial charge in [-0.05, 0) is 38.8 Å². The molecule has 1 atom stereocenters. The Morgan fingerprint density at radius 2 is 2.33 bits per heavy atom. The van der Waals surface area contributed by atoms with Crippen LogP contribution in [0.1, 0.15) is 49.3 Å². The van der Waals surface area contributed by atoms with Crippen LogP contribution < -0.4 is 0 Å². The largest absolute Gasteiger partial charge is 0.468 e. The van der Waals surface area contributed by atoms with Crippen molar-refractivity contribution >= 4 is 11.3 Å². The Morgan fingerprint density at radius 1 is 1.48 bits per heavy atom. The lowest BCUT2D eigenvalue weighted by Crippen LogP contribution is -2.25. The van der Waals surface area contributed by atoms with Crippen molar-refractivity contribution in [1.29, 1.82) is 0 Å². The quantitative estimate of drug-likeness (QED) is 0.739. The first-order valence-electron chi connectivity index (χ1n) is 7.58. The van der Waals surface area contributed by atoms with Crippen molar-refractivity contribution in [2.45, 2.75) is 51.9 Å². The summed E-state index contributed by atoms with van der Waals surface area (Å²) in [6, 6.07) is 4.68. The van der Waals surface area contributed by atoms with E-state index < -0.39 is 0 Å². The van der Waals surface area contributed by atoms with Crippen LogP contribution in [0.15, 0.2) is 28.2 Å². The summed E-state index contributed by atoms with van der Waals surface area (Å²) in [5, 5.41) is 3.23. The van der Waals surface area contributed by atoms with E-state index in [1.54, 1.807) is 17.6 Å². The number of thiazole rings is 1. The van der Waals surface area contributed by atoms with Crippen LogP contribution in [-0.4, -0.2) is 22.5 Å². The van der Waals surface area contributed by atoms with Crippen molar-refractivity contribution in [3.63, 3.8) is 0 Å². The van der Waals surface area contributed by atoms with Crippen molar-refractivity contribution in [1.82, 2.24) is 9.88 Å². The second-order valence-electron chi connectivity index (χ2n) is 5.49. The van der Waals surface area contributed by atoms with Gasteiger partial charge in [0.25, 0.3) is 0 Å². The van der Waals surface area contributed by atoms with Crippen molar-refractivity contribution in [2.75, 3.05) is 6.61 Å². The third-order valence-corrected chi connectivity index (χ3v) is 4.76. The fraction of sp³-hybridized carbons (Fsp3) is 0.562. The lowest BCUT2D eigenvalue weighted by Gasteiger charge is -2.19. The Balaban J connectivity index is 1.63. The molecule has 114 valence electrons. The molecule has 0 aromatic carbocycles. The Labute approximate surface area is 129 Å². The van der Waals surface area contributed by atoms with Crippen LogP contribution in [0.2, 0.25) is 0 Å². The third kappa shape index (κ3) is 3.93. The molecule has 2 heterocycles. The van der Waals surface area contributed by atoms with E-state index in [-0.39, 0.29) is 6.10 Å². The fourth-order valence-corrected chi connectivity index (χ4v) is 3.28. The average molecular weight is 306 g/mol. The van der Waals surface area contributed by atoms with Gasteiger partial charge in [0.15, 0.2) is 0 Å². The van der Waals surface area contributed by atoms with Crippen LogP contribution in [0.5, 0.6) is 0 Å². The zero-order chi connectivity index (χ0) is 14.7. The molecule has 0 bridgehead atoms. The molecule has 0 radical (unpaired) electrons. The van der Waals surface area contributed by atoms with Crippen molar-refractivity contribution in [3.05, 3.63) is 40.2 Å². The van der Waals surface area contributed by atoms with Gasteiger partial charge in [-0.2, -0.15) is 0 Å². The zero-order valence-corrected chi connectivity index (χ0v) is 13.4. The Kier molecular flexibility index (Phi) is 4.73. The number of nitrogens with zero attached hydrogens (tertiary/aromatic N) is 2. The highest BCUT2D eigenvalue weighted by Gasteiger charge is 2.30. The molecule has 1 saturated carbocycles. The van der Waals surface area contributed by atoms with Gasteiger partial charge >= 0.3 is 0 Å². The summed E-state index contributed by atoms with van der Waals surface area (Å²) >= 11 is 1.69. The lowest BCUT2D eigenvalue weighted by molar-refractivity contribution is 0.0759. The molecule has 1 unspecified atom stereocenters. The standard InChI is InChI=1S/C16H22N2O2S/c1-3-19-12(2)16-17-13(11-21-16)9-18(14-6-7-14)10-15-5-4-8-20-15/h4-5,8,11-12,14H,3,6-7,9-10H2,1-2H3. The second kappa shape index (κ2) is 6.73. The van der Waals surface area contributed by atoms with Crippen LogP contribution in [-0.2, 0) is 17.8 Å². The van der Waals surface area contributed by atoms with E-state index in [2.05, 4.69) is 17.2 Å². The summed E-state index contributed by atoms with van der Waals surface area (Å²) in [6.45, 7) is 6.56. The molecule has 0 saturated heterocycles. The number of hydrogen-bond acceptors (Lipinski definition) is 5. The Morgan fingerprint density at radius 3 is 3.00 bits per heavy atom. The van der Waals surface area contributed by atoms with Gasteiger partial charge in [0.2, 0.25) is 0 Å². The molecule has 1 aliphatic rings. The van der Waals surface area contributed by atoms with E-state index >= 15 is 0 Å². The van der Waals surface area contributed by atoms with Gasteiger partial charge in [0, 0.05) is 24.6 Å². The Hall–Kier alpha value is -1.17. The molecule has 2 aromatic rings. The molecule has 4 nitrogen and oxygen atoms in total. The molecule has 1 aliphatic carbocycles. The van der Waals surface area contributed by atoms with E-state index in [9.17, 15) is 0 Å². The molecule has 1 fully saturated rings. The van der Waals surface area contributed by atoms with Gasteiger partial charge in [-0.25, -0.2) is 4.98 Å². The maximum atomic E-state index is 5.61. The molecule has 0 aliphatic heterocycles. The normalized spacial score (nSPS) is 16.5. The second-order valence-corrected chi connectivity index (χ2v) is 6.38. The van der Waals surface area contributed by atoms with Gasteiger partial charge < -0.3 is 9.15 Å². The number of rotatable bonds is 8. The van der Waals surface area contributed by atoms with Crippen molar-refractivity contribution < 1.29 is 9.15 Å². The van der Waals surface area contributed by atoms with Gasteiger partial charge in [-0.15, -0.1) is 11.3 Å². The van der Waals surface area contributed by atoms with Crippen LogP contribution >= 0.6 is 11.3 Å². The predicted molar refractivity (Wildman–Crippen MR) is 83.1 cm³/mol. The molecular weight excluding hydrogens is 284 g/mol. The van der Waals surface area contributed by atoms with Crippen molar-refractivity contribution in [2.24, 2.45) is 0 Å². The van der Waals surface area contributed by atoms with Gasteiger partial charge in [-0.1, -0.05) is 0 Å². The number of ether oxygens (including phenoxy) is 1. The molecule has 0 N–H and O–H groups in total. The smallest absolute Gasteiger partial charge is 0.122 e. The first-order chi connectivity index (χ1) is 10.3. The van der Waals surface area contributed by atoms with Gasteiger partial charge in [0.05, 0.1) is 18.5 Å². The number of furan rings is 1. The maximum Gasteiger partial charge on any atom is 0.122 e. The van der Waals surface area contributed by atoms with E-state index in [1.807, 2.05) is 19.1 Å². The topological polar surface area (TPSA) is 38.5 Å². The zero-order valence-electron chi connectivity index (χ0n) is 12.6. The molecule has 5 heteroatoms. The molecule has 0 spiro atoms. The molecule has 2 aromatic heterocycles. The molecule has 0 amide bonds. The lowest BCUT2D eigenvalue weighted by atomic mass is 10.3. The summed E-state index contributed by atoms with van der Waals surface area (Å²) in [4.78, 5) is 7.19. The fourth-order valence-electron chi connectivity index (χ4n) is 2.47. The SMILES string of the molecule is CCOC(C)c1nc(CN(Cc2ccco2)C2CC2)cs1. The number of aromatic nitrogens is 1. The minimum absolute atomic E-state index is 0.0909. The van der Waals surface area contributed by atoms with Crippen molar-refractivity contribution in [3.8, 4) is 0 Å². The van der Waals surface area contributed by atoms with Crippen LogP contribution in [0.4, 0.5) is 0 Å². The highest BCUT2D eigenvalue weighted by atomic mass is 32.1. The van der Waals surface area contributed by atoms with E-state index in [4.69, 9.17) is 14.1 Å². The summed E-state index contributed by atoms with van der Waals surface area (Å²) in [7, 11) is 0. The Bertz CT molecular complexity index is 548. The highest BCUT2D eigenvalue weighted by molar-refractivity contribution is 7.09. The van der Waals surface area contributed by atoms with E-state index in [0.29, 0.717) is 6.04 Å². The minimum Gasteiger partial charge on any atom is -0.468 e. The molecule has 21 heavy (non-hydrogen) atoms. The van der Waals surface area contributed by atoms with E-state index in [1.165, 1.54) is 12.8 Å². The maximum absolute atomic E-state index is 5.61.